The van der Waals surface area contributed by atoms with E-state index < -0.39 is 0 Å². The van der Waals surface area contributed by atoms with Gasteiger partial charge < -0.3 is 9.59 Å². The molecule has 0 heterocycles. The number of hydrogen-bond acceptors (Lipinski definition) is 2. The minimum absolute atomic E-state index is 0.477. The molecule has 0 aliphatic rings. The number of carbonyl (C=O) groups excluding carboxylic acids is 2. The Labute approximate surface area is 85.7 Å². The Balaban J connectivity index is 3.88. The van der Waals surface area contributed by atoms with Gasteiger partial charge in [-0.2, -0.15) is 0 Å². The van der Waals surface area contributed by atoms with Crippen LogP contribution >= 0.6 is 0 Å². The van der Waals surface area contributed by atoms with Crippen LogP contribution in [0.3, 0.4) is 0 Å². The van der Waals surface area contributed by atoms with Gasteiger partial charge in [0.2, 0.25) is 0 Å². The Morgan fingerprint density at radius 3 is 2.36 bits per heavy atom. The van der Waals surface area contributed by atoms with Gasteiger partial charge >= 0.3 is 0 Å². The fraction of sp³-hybridized carbons (Fsp3) is 0.500. The molecule has 0 aliphatic carbocycles. The topological polar surface area (TPSA) is 34.1 Å². The maximum atomic E-state index is 10.3. The first-order chi connectivity index (χ1) is 6.85. The van der Waals surface area contributed by atoms with Crippen molar-refractivity contribution >= 4 is 12.6 Å². The highest BCUT2D eigenvalue weighted by Crippen LogP contribution is 2.09. The summed E-state index contributed by atoms with van der Waals surface area (Å²) >= 11 is 0. The molecule has 0 saturated heterocycles. The average molecular weight is 194 g/mol. The molecule has 0 rings (SSSR count). The highest BCUT2D eigenvalue weighted by molar-refractivity contribution is 5.54. The number of hydrogen-bond donors (Lipinski definition) is 0. The molecule has 0 fully saturated rings. The maximum absolute atomic E-state index is 10.3. The molecule has 0 radical (unpaired) electrons. The molecule has 0 saturated carbocycles. The summed E-state index contributed by atoms with van der Waals surface area (Å²) in [6, 6.07) is 0. The quantitative estimate of drug-likeness (QED) is 0.440. The minimum Gasteiger partial charge on any atom is -0.303 e. The van der Waals surface area contributed by atoms with Gasteiger partial charge in [-0.25, -0.2) is 0 Å². The lowest BCUT2D eigenvalue weighted by Crippen LogP contribution is -1.84. The number of allylic oxidation sites excluding steroid dienone is 4. The van der Waals surface area contributed by atoms with Gasteiger partial charge in [-0.05, 0) is 12.8 Å². The number of rotatable bonds is 8. The van der Waals surface area contributed by atoms with Crippen molar-refractivity contribution in [1.29, 1.82) is 0 Å². The van der Waals surface area contributed by atoms with Crippen LogP contribution in [-0.4, -0.2) is 12.6 Å². The van der Waals surface area contributed by atoms with Gasteiger partial charge in [0.25, 0.3) is 0 Å². The van der Waals surface area contributed by atoms with E-state index in [9.17, 15) is 9.59 Å². The molecule has 2 heteroatoms. The molecular weight excluding hydrogens is 176 g/mol. The molecule has 0 amide bonds. The molecule has 0 aromatic carbocycles. The van der Waals surface area contributed by atoms with Crippen LogP contribution in [0, 0.1) is 0 Å². The first-order valence-corrected chi connectivity index (χ1v) is 5.05. The van der Waals surface area contributed by atoms with Crippen LogP contribution in [0.15, 0.2) is 23.8 Å². The summed E-state index contributed by atoms with van der Waals surface area (Å²) < 4.78 is 0. The number of aldehydes is 2. The van der Waals surface area contributed by atoms with Crippen molar-refractivity contribution in [2.24, 2.45) is 0 Å². The summed E-state index contributed by atoms with van der Waals surface area (Å²) in [7, 11) is 0. The molecule has 0 aromatic heterocycles. The summed E-state index contributed by atoms with van der Waals surface area (Å²) in [5, 5.41) is 0. The monoisotopic (exact) mass is 194 g/mol. The molecule has 0 bridgehead atoms. The summed E-state index contributed by atoms with van der Waals surface area (Å²) in [6.45, 7) is 2.10. The Kier molecular flexibility index (Phi) is 9.07. The van der Waals surface area contributed by atoms with Gasteiger partial charge in [-0.15, -0.1) is 0 Å². The Bertz CT molecular complexity index is 214. The van der Waals surface area contributed by atoms with Crippen molar-refractivity contribution < 1.29 is 9.59 Å². The smallest absolute Gasteiger partial charge is 0.124 e. The van der Waals surface area contributed by atoms with Gasteiger partial charge in [-0.1, -0.05) is 37.1 Å². The Morgan fingerprint density at radius 1 is 1.07 bits per heavy atom. The molecule has 0 atom stereocenters. The van der Waals surface area contributed by atoms with Gasteiger partial charge in [-0.3, -0.25) is 0 Å². The van der Waals surface area contributed by atoms with Crippen molar-refractivity contribution in [3.8, 4) is 0 Å². The molecule has 0 spiro atoms. The van der Waals surface area contributed by atoms with Gasteiger partial charge in [0.05, 0.1) is 0 Å². The molecule has 14 heavy (non-hydrogen) atoms. The maximum Gasteiger partial charge on any atom is 0.124 e. The zero-order valence-corrected chi connectivity index (χ0v) is 8.74. The van der Waals surface area contributed by atoms with Crippen LogP contribution in [0.4, 0.5) is 0 Å². The van der Waals surface area contributed by atoms with Gasteiger partial charge in [0.15, 0.2) is 0 Å². The van der Waals surface area contributed by atoms with Crippen LogP contribution in [0.1, 0.15) is 39.0 Å². The third-order valence-corrected chi connectivity index (χ3v) is 1.86. The lowest BCUT2D eigenvalue weighted by molar-refractivity contribution is -0.108. The van der Waals surface area contributed by atoms with Crippen molar-refractivity contribution in [3.63, 3.8) is 0 Å². The lowest BCUT2D eigenvalue weighted by atomic mass is 10.1. The first-order valence-electron chi connectivity index (χ1n) is 5.05. The fourth-order valence-corrected chi connectivity index (χ4v) is 1.20. The fourth-order valence-electron chi connectivity index (χ4n) is 1.20. The second-order valence-corrected chi connectivity index (χ2v) is 3.09. The minimum atomic E-state index is 0.477. The zero-order chi connectivity index (χ0) is 10.6. The van der Waals surface area contributed by atoms with Crippen molar-refractivity contribution in [2.75, 3.05) is 0 Å². The van der Waals surface area contributed by atoms with E-state index in [1.165, 1.54) is 5.57 Å². The first kappa shape index (κ1) is 12.8. The largest absolute Gasteiger partial charge is 0.303 e. The summed E-state index contributed by atoms with van der Waals surface area (Å²) in [5.74, 6) is 0. The second-order valence-electron chi connectivity index (χ2n) is 3.09. The van der Waals surface area contributed by atoms with Crippen LogP contribution in [0.25, 0.3) is 0 Å². The van der Waals surface area contributed by atoms with E-state index in [1.807, 2.05) is 12.2 Å². The molecule has 0 aromatic rings. The standard InChI is InChI=1S/C12H18O2/c1-2-7-12(9-11-14)8-5-3-4-6-10-13/h3-4,8,10-11H,2,5-7,9H2,1H3. The van der Waals surface area contributed by atoms with E-state index in [-0.39, 0.29) is 0 Å². The lowest BCUT2D eigenvalue weighted by Gasteiger charge is -1.99. The highest BCUT2D eigenvalue weighted by atomic mass is 16.1. The molecule has 2 nitrogen and oxygen atoms in total. The molecule has 0 unspecified atom stereocenters. The molecular formula is C12H18O2. The third kappa shape index (κ3) is 7.47. The van der Waals surface area contributed by atoms with Gasteiger partial charge in [0, 0.05) is 12.8 Å². The Morgan fingerprint density at radius 2 is 1.79 bits per heavy atom. The normalized spacial score (nSPS) is 11.9. The SMILES string of the molecule is CCCC(=CCC=CCC=O)CC=O. The van der Waals surface area contributed by atoms with Crippen LogP contribution in [0.5, 0.6) is 0 Å². The van der Waals surface area contributed by atoms with Crippen molar-refractivity contribution in [3.05, 3.63) is 23.8 Å². The average Bonchev–Trinajstić information content (AvgIpc) is 2.18. The second kappa shape index (κ2) is 9.90. The zero-order valence-electron chi connectivity index (χ0n) is 8.74. The van der Waals surface area contributed by atoms with Crippen molar-refractivity contribution in [2.45, 2.75) is 39.0 Å². The highest BCUT2D eigenvalue weighted by Gasteiger charge is 1.93. The van der Waals surface area contributed by atoms with E-state index in [0.29, 0.717) is 12.8 Å². The van der Waals surface area contributed by atoms with E-state index >= 15 is 0 Å². The summed E-state index contributed by atoms with van der Waals surface area (Å²) in [6.07, 6.45) is 11.6. The summed E-state index contributed by atoms with van der Waals surface area (Å²) in [4.78, 5) is 20.3. The van der Waals surface area contributed by atoms with Gasteiger partial charge in [0.1, 0.15) is 12.6 Å². The molecule has 0 N–H and O–H groups in total. The predicted octanol–water partition coefficient (Wildman–Crippen LogP) is 2.84. The third-order valence-electron chi connectivity index (χ3n) is 1.86. The molecule has 0 aliphatic heterocycles. The molecule has 78 valence electrons. The summed E-state index contributed by atoms with van der Waals surface area (Å²) in [5.41, 5.74) is 1.19. The van der Waals surface area contributed by atoms with E-state index in [1.54, 1.807) is 0 Å². The van der Waals surface area contributed by atoms with Crippen LogP contribution in [0.2, 0.25) is 0 Å². The Hall–Kier alpha value is -1.18. The van der Waals surface area contributed by atoms with Crippen LogP contribution in [-0.2, 0) is 9.59 Å². The van der Waals surface area contributed by atoms with E-state index in [0.717, 1.165) is 31.8 Å². The number of carbonyl (C=O) groups is 2. The van der Waals surface area contributed by atoms with Crippen molar-refractivity contribution in [1.82, 2.24) is 0 Å². The van der Waals surface area contributed by atoms with E-state index in [4.69, 9.17) is 0 Å². The predicted molar refractivity (Wildman–Crippen MR) is 58.1 cm³/mol. The van der Waals surface area contributed by atoms with Crippen LogP contribution < -0.4 is 0 Å². The van der Waals surface area contributed by atoms with E-state index in [2.05, 4.69) is 13.0 Å².